The average Bonchev–Trinajstić information content (AvgIpc) is 2.40. The molecule has 0 spiro atoms. The van der Waals surface area contributed by atoms with Crippen LogP contribution in [0.5, 0.6) is 0 Å². The maximum atomic E-state index is 12.3. The minimum absolute atomic E-state index is 0.0185. The van der Waals surface area contributed by atoms with Crippen molar-refractivity contribution in [1.82, 2.24) is 9.97 Å². The summed E-state index contributed by atoms with van der Waals surface area (Å²) in [6.07, 6.45) is 5.57. The first-order valence-corrected chi connectivity index (χ1v) is 5.73. The second kappa shape index (κ2) is 9.22. The van der Waals surface area contributed by atoms with Gasteiger partial charge in [-0.05, 0) is 25.5 Å². The molecule has 18 heavy (non-hydrogen) atoms. The lowest BCUT2D eigenvalue weighted by Gasteiger charge is -1.93. The molecular formula is C14H18F2N2. The van der Waals surface area contributed by atoms with Crippen molar-refractivity contribution in [3.63, 3.8) is 0 Å². The first-order chi connectivity index (χ1) is 8.61. The normalized spacial score (nSPS) is 8.56. The van der Waals surface area contributed by atoms with Crippen molar-refractivity contribution in [2.75, 3.05) is 0 Å². The van der Waals surface area contributed by atoms with Gasteiger partial charge in [-0.1, -0.05) is 19.9 Å². The highest BCUT2D eigenvalue weighted by Crippen LogP contribution is 2.06. The third-order valence-corrected chi connectivity index (χ3v) is 1.90. The Morgan fingerprint density at radius 1 is 0.889 bits per heavy atom. The fourth-order valence-corrected chi connectivity index (χ4v) is 0.924. The van der Waals surface area contributed by atoms with Crippen LogP contribution in [0, 0.1) is 25.5 Å². The molecule has 0 bridgehead atoms. The van der Waals surface area contributed by atoms with Gasteiger partial charge in [0.25, 0.3) is 0 Å². The molecule has 0 aliphatic carbocycles. The first-order valence-electron chi connectivity index (χ1n) is 5.73. The summed E-state index contributed by atoms with van der Waals surface area (Å²) < 4.78 is 24.6. The van der Waals surface area contributed by atoms with Gasteiger partial charge in [0.05, 0.1) is 12.4 Å². The molecule has 0 radical (unpaired) electrons. The highest BCUT2D eigenvalue weighted by Gasteiger charge is 2.00. The van der Waals surface area contributed by atoms with E-state index in [2.05, 4.69) is 9.97 Å². The van der Waals surface area contributed by atoms with E-state index in [1.54, 1.807) is 6.20 Å². The summed E-state index contributed by atoms with van der Waals surface area (Å²) in [5, 5.41) is 0. The lowest BCUT2D eigenvalue weighted by molar-refractivity contribution is 0.558. The van der Waals surface area contributed by atoms with Crippen LogP contribution in [0.25, 0.3) is 0 Å². The summed E-state index contributed by atoms with van der Waals surface area (Å²) in [5.74, 6) is -1.20. The van der Waals surface area contributed by atoms with Crippen molar-refractivity contribution in [1.29, 1.82) is 0 Å². The van der Waals surface area contributed by atoms with E-state index in [0.29, 0.717) is 0 Å². The minimum Gasteiger partial charge on any atom is -0.264 e. The van der Waals surface area contributed by atoms with Crippen molar-refractivity contribution >= 4 is 0 Å². The van der Waals surface area contributed by atoms with Crippen molar-refractivity contribution < 1.29 is 8.78 Å². The lowest BCUT2D eigenvalue weighted by Crippen LogP contribution is -1.88. The fourth-order valence-electron chi connectivity index (χ4n) is 0.924. The highest BCUT2D eigenvalue weighted by molar-refractivity contribution is 5.11. The third kappa shape index (κ3) is 6.03. The number of hydrogen-bond acceptors (Lipinski definition) is 2. The van der Waals surface area contributed by atoms with Crippen molar-refractivity contribution in [2.24, 2.45) is 0 Å². The van der Waals surface area contributed by atoms with E-state index in [9.17, 15) is 8.78 Å². The van der Waals surface area contributed by atoms with Gasteiger partial charge in [0.15, 0.2) is 0 Å². The number of aromatic nitrogens is 2. The topological polar surface area (TPSA) is 25.8 Å². The zero-order valence-electron chi connectivity index (χ0n) is 11.1. The summed E-state index contributed by atoms with van der Waals surface area (Å²) >= 11 is 0. The minimum atomic E-state index is -0.602. The highest BCUT2D eigenvalue weighted by atomic mass is 19.1. The van der Waals surface area contributed by atoms with Crippen LogP contribution in [0.1, 0.15) is 25.0 Å². The third-order valence-electron chi connectivity index (χ3n) is 1.90. The summed E-state index contributed by atoms with van der Waals surface area (Å²) in [6.45, 7) is 7.39. The van der Waals surface area contributed by atoms with Crippen LogP contribution >= 0.6 is 0 Å². The van der Waals surface area contributed by atoms with Crippen LogP contribution in [0.2, 0.25) is 0 Å². The smallest absolute Gasteiger partial charge is 0.147 e. The average molecular weight is 252 g/mol. The predicted molar refractivity (Wildman–Crippen MR) is 69.2 cm³/mol. The van der Waals surface area contributed by atoms with Crippen LogP contribution in [0.15, 0.2) is 36.9 Å². The molecule has 98 valence electrons. The van der Waals surface area contributed by atoms with E-state index in [-0.39, 0.29) is 5.56 Å². The van der Waals surface area contributed by atoms with Gasteiger partial charge in [0.2, 0.25) is 0 Å². The Hall–Kier alpha value is -1.84. The Bertz CT molecular complexity index is 425. The summed E-state index contributed by atoms with van der Waals surface area (Å²) in [6, 6.07) is 3.95. The molecule has 0 aliphatic rings. The summed E-state index contributed by atoms with van der Waals surface area (Å²) in [5.41, 5.74) is 1.23. The van der Waals surface area contributed by atoms with E-state index in [4.69, 9.17) is 0 Å². The van der Waals surface area contributed by atoms with E-state index >= 15 is 0 Å². The number of hydrogen-bond donors (Lipinski definition) is 0. The molecule has 2 nitrogen and oxygen atoms in total. The Balaban J connectivity index is 0.000000289. The number of rotatable bonds is 0. The molecule has 2 aromatic rings. The zero-order valence-corrected chi connectivity index (χ0v) is 11.1. The van der Waals surface area contributed by atoms with Crippen LogP contribution in [0.3, 0.4) is 0 Å². The molecule has 0 atom stereocenters. The number of halogens is 2. The molecule has 2 heterocycles. The van der Waals surface area contributed by atoms with Gasteiger partial charge in [-0.2, -0.15) is 0 Å². The molecule has 0 N–H and O–H groups in total. The van der Waals surface area contributed by atoms with Crippen molar-refractivity contribution in [3.8, 4) is 0 Å². The van der Waals surface area contributed by atoms with Crippen LogP contribution < -0.4 is 0 Å². The van der Waals surface area contributed by atoms with Crippen LogP contribution in [-0.2, 0) is 0 Å². The predicted octanol–water partition coefficient (Wildman–Crippen LogP) is 4.08. The molecule has 0 aliphatic heterocycles. The second-order valence-corrected chi connectivity index (χ2v) is 3.26. The van der Waals surface area contributed by atoms with Crippen LogP contribution in [-0.4, -0.2) is 9.97 Å². The lowest BCUT2D eigenvalue weighted by atomic mass is 10.3. The fraction of sp³-hybridized carbons (Fsp3) is 0.286. The van der Waals surface area contributed by atoms with Gasteiger partial charge < -0.3 is 0 Å². The molecule has 0 fully saturated rings. The van der Waals surface area contributed by atoms with Crippen molar-refractivity contribution in [3.05, 3.63) is 59.7 Å². The summed E-state index contributed by atoms with van der Waals surface area (Å²) in [7, 11) is 0. The van der Waals surface area contributed by atoms with Gasteiger partial charge in [-0.25, -0.2) is 8.78 Å². The van der Waals surface area contributed by atoms with Gasteiger partial charge in [-0.15, -0.1) is 0 Å². The zero-order chi connectivity index (χ0) is 14.0. The van der Waals surface area contributed by atoms with E-state index in [0.717, 1.165) is 12.4 Å². The number of nitrogens with zero attached hydrogens (tertiary/aromatic N) is 2. The van der Waals surface area contributed by atoms with Gasteiger partial charge in [0.1, 0.15) is 11.6 Å². The Morgan fingerprint density at radius 2 is 1.44 bits per heavy atom. The number of pyridine rings is 2. The number of aryl methyl sites for hydroxylation is 1. The monoisotopic (exact) mass is 252 g/mol. The molecule has 0 amide bonds. The molecular weight excluding hydrogens is 234 g/mol. The SMILES string of the molecule is CC.Cc1c(F)cncc1F.Cc1cccnc1. The maximum Gasteiger partial charge on any atom is 0.147 e. The van der Waals surface area contributed by atoms with E-state index < -0.39 is 11.6 Å². The molecule has 0 saturated heterocycles. The van der Waals surface area contributed by atoms with Gasteiger partial charge >= 0.3 is 0 Å². The molecule has 2 aromatic heterocycles. The van der Waals surface area contributed by atoms with Gasteiger partial charge in [0, 0.05) is 18.0 Å². The molecule has 2 rings (SSSR count). The van der Waals surface area contributed by atoms with Crippen LogP contribution in [0.4, 0.5) is 8.78 Å². The van der Waals surface area contributed by atoms with Gasteiger partial charge in [-0.3, -0.25) is 9.97 Å². The Morgan fingerprint density at radius 3 is 1.72 bits per heavy atom. The van der Waals surface area contributed by atoms with E-state index in [1.165, 1.54) is 12.5 Å². The molecule has 0 saturated carbocycles. The summed E-state index contributed by atoms with van der Waals surface area (Å²) in [4.78, 5) is 7.18. The quantitative estimate of drug-likeness (QED) is 0.706. The maximum absolute atomic E-state index is 12.3. The van der Waals surface area contributed by atoms with E-state index in [1.807, 2.05) is 39.1 Å². The molecule has 0 unspecified atom stereocenters. The largest absolute Gasteiger partial charge is 0.264 e. The standard InChI is InChI=1S/C6H5F2N.C6H7N.C2H6/c1-4-5(7)2-9-3-6(4)8;1-6-3-2-4-7-5-6;1-2/h2-3H,1H3;2-5H,1H3;1-2H3. The Labute approximate surface area is 107 Å². The first kappa shape index (κ1) is 16.2. The second-order valence-electron chi connectivity index (χ2n) is 3.26. The van der Waals surface area contributed by atoms with Crippen molar-refractivity contribution in [2.45, 2.75) is 27.7 Å². The molecule has 0 aromatic carbocycles. The molecule has 4 heteroatoms. The Kier molecular flexibility index (Phi) is 8.27.